The highest BCUT2D eigenvalue weighted by molar-refractivity contribution is 5.62. The van der Waals surface area contributed by atoms with E-state index < -0.39 is 53.7 Å². The summed E-state index contributed by atoms with van der Waals surface area (Å²) in [5.74, 6) is -2.74. The molecule has 3 aliphatic rings. The van der Waals surface area contributed by atoms with Gasteiger partial charge < -0.3 is 55.1 Å². The lowest BCUT2D eigenvalue weighted by Gasteiger charge is -2.44. The Morgan fingerprint density at radius 3 is 2.00 bits per heavy atom. The molecule has 4 aromatic carbocycles. The van der Waals surface area contributed by atoms with Crippen molar-refractivity contribution in [3.05, 3.63) is 94.0 Å². The predicted molar refractivity (Wildman–Crippen MR) is 144 cm³/mol. The van der Waals surface area contributed by atoms with E-state index in [1.54, 1.807) is 0 Å². The van der Waals surface area contributed by atoms with Crippen LogP contribution < -0.4 is 9.47 Å². The lowest BCUT2D eigenvalue weighted by atomic mass is 9.74. The summed E-state index contributed by atoms with van der Waals surface area (Å²) in [6.45, 7) is -0.0534. The van der Waals surface area contributed by atoms with Crippen molar-refractivity contribution >= 4 is 0 Å². The van der Waals surface area contributed by atoms with Crippen LogP contribution in [-0.2, 0) is 11.3 Å². The SMILES string of the molecule is Oc1ccc2c(c1)O[C@H](c1ccc(O)c(O)c1)[C@@H](O)[C@@H]2c1c(O)c(O)cc2c1[C@@H]1Oc3cc(O)ccc3[C@@H](O)[C@@H]1OC2. The van der Waals surface area contributed by atoms with Crippen molar-refractivity contribution in [1.82, 2.24) is 0 Å². The van der Waals surface area contributed by atoms with Crippen LogP contribution in [0.3, 0.4) is 0 Å². The minimum absolute atomic E-state index is 0.0534. The van der Waals surface area contributed by atoms with E-state index in [4.69, 9.17) is 14.2 Å². The summed E-state index contributed by atoms with van der Waals surface area (Å²) < 4.78 is 18.3. The van der Waals surface area contributed by atoms with Crippen molar-refractivity contribution in [3.63, 3.8) is 0 Å². The number of hydrogen-bond donors (Lipinski definition) is 8. The van der Waals surface area contributed by atoms with E-state index in [-0.39, 0.29) is 40.9 Å². The summed E-state index contributed by atoms with van der Waals surface area (Å²) in [6.07, 6.45) is -5.70. The van der Waals surface area contributed by atoms with E-state index >= 15 is 0 Å². The third-order valence-corrected chi connectivity index (χ3v) is 8.22. The molecule has 0 saturated heterocycles. The number of aromatic hydroxyl groups is 6. The van der Waals surface area contributed by atoms with Crippen molar-refractivity contribution in [2.45, 2.75) is 43.0 Å². The number of ether oxygens (including phenoxy) is 3. The number of hydrogen-bond acceptors (Lipinski definition) is 11. The van der Waals surface area contributed by atoms with Gasteiger partial charge in [-0.2, -0.15) is 0 Å². The molecule has 11 nitrogen and oxygen atoms in total. The standard InChI is InChI=1S/C31H26O11/c32-14-2-4-16-21(9-14)41-29(12-1-6-18(34)19(35)7-12)28(39)24(16)25-23-13(8-20(36)27(25)38)11-40-31-26(37)17-5-3-15(33)10-22(17)42-30(23)31/h1-10,24,26,28-39H,11H2/t24-,26+,28-,29+,30-,31-/m0/s1. The summed E-state index contributed by atoms with van der Waals surface area (Å²) in [6, 6.07) is 13.8. The molecule has 6 atom stereocenters. The summed E-state index contributed by atoms with van der Waals surface area (Å²) in [5, 5.41) is 85.7. The smallest absolute Gasteiger partial charge is 0.161 e. The van der Waals surface area contributed by atoms with E-state index in [2.05, 4.69) is 0 Å². The highest BCUT2D eigenvalue weighted by Crippen LogP contribution is 2.56. The average molecular weight is 575 g/mol. The zero-order valence-corrected chi connectivity index (χ0v) is 21.7. The van der Waals surface area contributed by atoms with Crippen LogP contribution in [0, 0.1) is 0 Å². The van der Waals surface area contributed by atoms with E-state index in [1.807, 2.05) is 0 Å². The fourth-order valence-corrected chi connectivity index (χ4v) is 6.28. The number of fused-ring (bicyclic) bond motifs is 5. The molecular formula is C31H26O11. The first-order valence-electron chi connectivity index (χ1n) is 13.2. The number of rotatable bonds is 2. The molecule has 216 valence electrons. The summed E-state index contributed by atoms with van der Waals surface area (Å²) in [7, 11) is 0. The van der Waals surface area contributed by atoms with Crippen molar-refractivity contribution < 1.29 is 55.1 Å². The molecule has 8 N–H and O–H groups in total. The van der Waals surface area contributed by atoms with Crippen molar-refractivity contribution in [3.8, 4) is 46.0 Å². The maximum Gasteiger partial charge on any atom is 0.161 e. The first kappa shape index (κ1) is 26.1. The Labute approximate surface area is 238 Å². The number of aliphatic hydroxyl groups excluding tert-OH is 2. The fourth-order valence-electron chi connectivity index (χ4n) is 6.28. The fraction of sp³-hybridized carbons (Fsp3) is 0.226. The van der Waals surface area contributed by atoms with E-state index in [1.165, 1.54) is 60.7 Å². The van der Waals surface area contributed by atoms with Gasteiger partial charge in [-0.3, -0.25) is 0 Å². The molecule has 11 heteroatoms. The molecule has 0 bridgehead atoms. The monoisotopic (exact) mass is 574 g/mol. The van der Waals surface area contributed by atoms with Crippen LogP contribution in [-0.4, -0.2) is 53.1 Å². The second-order valence-corrected chi connectivity index (χ2v) is 10.7. The molecular weight excluding hydrogens is 548 g/mol. The molecule has 3 heterocycles. The molecule has 0 aliphatic carbocycles. The molecule has 3 aliphatic heterocycles. The van der Waals surface area contributed by atoms with Crippen LogP contribution in [0.15, 0.2) is 60.7 Å². The summed E-state index contributed by atoms with van der Waals surface area (Å²) >= 11 is 0. The predicted octanol–water partition coefficient (Wildman–Crippen LogP) is 3.61. The van der Waals surface area contributed by atoms with Gasteiger partial charge in [-0.15, -0.1) is 0 Å². The Morgan fingerprint density at radius 1 is 0.619 bits per heavy atom. The summed E-state index contributed by atoms with van der Waals surface area (Å²) in [5.41, 5.74) is 1.97. The topological polar surface area (TPSA) is 190 Å². The van der Waals surface area contributed by atoms with Crippen LogP contribution >= 0.6 is 0 Å². The van der Waals surface area contributed by atoms with Crippen molar-refractivity contribution in [1.29, 1.82) is 0 Å². The van der Waals surface area contributed by atoms with Crippen LogP contribution in [0.25, 0.3) is 0 Å². The van der Waals surface area contributed by atoms with Crippen molar-refractivity contribution in [2.24, 2.45) is 0 Å². The van der Waals surface area contributed by atoms with Crippen LogP contribution in [0.5, 0.6) is 46.0 Å². The second kappa shape index (κ2) is 9.35. The highest BCUT2D eigenvalue weighted by atomic mass is 16.6. The molecule has 4 aromatic rings. The lowest BCUT2D eigenvalue weighted by molar-refractivity contribution is -0.127. The zero-order valence-electron chi connectivity index (χ0n) is 21.7. The second-order valence-electron chi connectivity index (χ2n) is 10.7. The molecule has 0 amide bonds. The third-order valence-electron chi connectivity index (χ3n) is 8.22. The minimum Gasteiger partial charge on any atom is -0.508 e. The molecule has 0 aromatic heterocycles. The van der Waals surface area contributed by atoms with Gasteiger partial charge >= 0.3 is 0 Å². The molecule has 42 heavy (non-hydrogen) atoms. The maximum absolute atomic E-state index is 11.9. The molecule has 7 rings (SSSR count). The molecule has 0 fully saturated rings. The Hall–Kier alpha value is -4.84. The summed E-state index contributed by atoms with van der Waals surface area (Å²) in [4.78, 5) is 0. The number of phenols is 6. The lowest BCUT2D eigenvalue weighted by Crippen LogP contribution is -2.42. The quantitative estimate of drug-likeness (QED) is 0.163. The highest BCUT2D eigenvalue weighted by Gasteiger charge is 2.49. The van der Waals surface area contributed by atoms with Gasteiger partial charge in [0.05, 0.1) is 6.61 Å². The number of benzene rings is 4. The zero-order chi connectivity index (χ0) is 29.4. The van der Waals surface area contributed by atoms with Gasteiger partial charge in [0.25, 0.3) is 0 Å². The van der Waals surface area contributed by atoms with Gasteiger partial charge in [-0.25, -0.2) is 0 Å². The Balaban J connectivity index is 1.44. The Bertz CT molecular complexity index is 1730. The van der Waals surface area contributed by atoms with E-state index in [0.717, 1.165) is 0 Å². The normalized spacial score (nSPS) is 25.7. The van der Waals surface area contributed by atoms with Crippen LogP contribution in [0.2, 0.25) is 0 Å². The van der Waals surface area contributed by atoms with Crippen LogP contribution in [0.1, 0.15) is 57.6 Å². The maximum atomic E-state index is 11.9. The van der Waals surface area contributed by atoms with E-state index in [0.29, 0.717) is 27.8 Å². The number of phenolic OH excluding ortho intramolecular Hbond substituents is 6. The van der Waals surface area contributed by atoms with Crippen LogP contribution in [0.4, 0.5) is 0 Å². The van der Waals surface area contributed by atoms with Gasteiger partial charge in [-0.05, 0) is 47.5 Å². The minimum atomic E-state index is -1.44. The molecule has 0 radical (unpaired) electrons. The third kappa shape index (κ3) is 3.86. The van der Waals surface area contributed by atoms with Gasteiger partial charge in [0.2, 0.25) is 0 Å². The first-order chi connectivity index (χ1) is 20.1. The molecule has 0 unspecified atom stereocenters. The first-order valence-corrected chi connectivity index (χ1v) is 13.2. The van der Waals surface area contributed by atoms with Gasteiger partial charge in [0.15, 0.2) is 35.2 Å². The average Bonchev–Trinajstić information content (AvgIpc) is 2.95. The largest absolute Gasteiger partial charge is 0.508 e. The number of aliphatic hydroxyl groups is 2. The van der Waals surface area contributed by atoms with E-state index in [9.17, 15) is 40.9 Å². The van der Waals surface area contributed by atoms with Gasteiger partial charge in [0.1, 0.15) is 41.3 Å². The van der Waals surface area contributed by atoms with Gasteiger partial charge in [-0.1, -0.05) is 12.1 Å². The van der Waals surface area contributed by atoms with Gasteiger partial charge in [0, 0.05) is 40.3 Å². The Kier molecular flexibility index (Phi) is 5.80. The Morgan fingerprint density at radius 2 is 1.29 bits per heavy atom. The molecule has 0 spiro atoms. The van der Waals surface area contributed by atoms with Crippen molar-refractivity contribution in [2.75, 3.05) is 0 Å². The molecule has 0 saturated carbocycles.